The van der Waals surface area contributed by atoms with Crippen LogP contribution in [0.25, 0.3) is 0 Å². The van der Waals surface area contributed by atoms with Crippen molar-refractivity contribution >= 4 is 39.8 Å². The summed E-state index contributed by atoms with van der Waals surface area (Å²) in [5.41, 5.74) is 0.699. The standard InChI is InChI=1S/C21H14ClF2N3O2S/c1-11-8-18(27-20(28)13-4-2-3-5-15(13)22)30-19(11)21(29)26-17(10-25)14-7-6-12(23)9-16(14)24/h2-9,17H,1H3,(H,26,29)(H,27,28). The molecule has 30 heavy (non-hydrogen) atoms. The third kappa shape index (κ3) is 4.64. The lowest BCUT2D eigenvalue weighted by molar-refractivity contribution is 0.0947. The summed E-state index contributed by atoms with van der Waals surface area (Å²) in [6.45, 7) is 1.66. The van der Waals surface area contributed by atoms with E-state index in [0.29, 0.717) is 21.7 Å². The van der Waals surface area contributed by atoms with Crippen LogP contribution >= 0.6 is 22.9 Å². The fourth-order valence-corrected chi connectivity index (χ4v) is 3.90. The van der Waals surface area contributed by atoms with Crippen LogP contribution in [0.3, 0.4) is 0 Å². The fourth-order valence-electron chi connectivity index (χ4n) is 2.71. The molecule has 2 aromatic carbocycles. The summed E-state index contributed by atoms with van der Waals surface area (Å²) >= 11 is 7.02. The number of nitrogens with zero attached hydrogens (tertiary/aromatic N) is 1. The minimum Gasteiger partial charge on any atom is -0.332 e. The average Bonchev–Trinajstić information content (AvgIpc) is 3.06. The van der Waals surface area contributed by atoms with Crippen molar-refractivity contribution in [1.29, 1.82) is 5.26 Å². The third-order valence-electron chi connectivity index (χ3n) is 4.16. The van der Waals surface area contributed by atoms with Crippen molar-refractivity contribution in [1.82, 2.24) is 5.32 Å². The number of nitrogens with one attached hydrogen (secondary N) is 2. The molecule has 9 heteroatoms. The summed E-state index contributed by atoms with van der Waals surface area (Å²) in [5.74, 6) is -2.77. The van der Waals surface area contributed by atoms with E-state index >= 15 is 0 Å². The minimum absolute atomic E-state index is 0.145. The predicted molar refractivity (Wildman–Crippen MR) is 111 cm³/mol. The summed E-state index contributed by atoms with van der Waals surface area (Å²) < 4.78 is 27.1. The van der Waals surface area contributed by atoms with Gasteiger partial charge in [-0.3, -0.25) is 9.59 Å². The molecule has 1 unspecified atom stereocenters. The molecule has 0 saturated carbocycles. The number of rotatable bonds is 5. The first kappa shape index (κ1) is 21.4. The number of hydrogen-bond acceptors (Lipinski definition) is 4. The highest BCUT2D eigenvalue weighted by molar-refractivity contribution is 7.18. The van der Waals surface area contributed by atoms with E-state index in [1.54, 1.807) is 43.3 Å². The number of halogens is 3. The van der Waals surface area contributed by atoms with Crippen molar-refractivity contribution in [2.75, 3.05) is 5.32 Å². The maximum Gasteiger partial charge on any atom is 0.262 e. The average molecular weight is 446 g/mol. The summed E-state index contributed by atoms with van der Waals surface area (Å²) in [5, 5.41) is 15.1. The van der Waals surface area contributed by atoms with Crippen LogP contribution in [0.4, 0.5) is 13.8 Å². The van der Waals surface area contributed by atoms with Gasteiger partial charge in [0.25, 0.3) is 11.8 Å². The maximum atomic E-state index is 14.0. The number of amides is 2. The van der Waals surface area contributed by atoms with Crippen LogP contribution in [0, 0.1) is 29.9 Å². The molecular formula is C21H14ClF2N3O2S. The van der Waals surface area contributed by atoms with Gasteiger partial charge < -0.3 is 10.6 Å². The second kappa shape index (κ2) is 9.03. The molecule has 152 valence electrons. The van der Waals surface area contributed by atoms with Crippen LogP contribution < -0.4 is 10.6 Å². The third-order valence-corrected chi connectivity index (χ3v) is 5.64. The van der Waals surface area contributed by atoms with E-state index < -0.39 is 29.5 Å². The molecule has 3 rings (SSSR count). The highest BCUT2D eigenvalue weighted by Crippen LogP contribution is 2.29. The van der Waals surface area contributed by atoms with E-state index in [-0.39, 0.29) is 16.0 Å². The van der Waals surface area contributed by atoms with E-state index in [2.05, 4.69) is 10.6 Å². The SMILES string of the molecule is Cc1cc(NC(=O)c2ccccc2Cl)sc1C(=O)NC(C#N)c1ccc(F)cc1F. The zero-order valence-corrected chi connectivity index (χ0v) is 17.1. The Morgan fingerprint density at radius 2 is 1.87 bits per heavy atom. The molecule has 0 spiro atoms. The van der Waals surface area contributed by atoms with Gasteiger partial charge in [0.05, 0.1) is 26.5 Å². The Labute approximate surface area is 179 Å². The van der Waals surface area contributed by atoms with Gasteiger partial charge in [0.1, 0.15) is 17.7 Å². The maximum absolute atomic E-state index is 14.0. The predicted octanol–water partition coefficient (Wildman–Crippen LogP) is 5.24. The first-order valence-corrected chi connectivity index (χ1v) is 9.81. The van der Waals surface area contributed by atoms with Gasteiger partial charge >= 0.3 is 0 Å². The Morgan fingerprint density at radius 1 is 1.13 bits per heavy atom. The van der Waals surface area contributed by atoms with Gasteiger partial charge in [0.15, 0.2) is 0 Å². The molecule has 0 aliphatic carbocycles. The number of thiophene rings is 1. The van der Waals surface area contributed by atoms with Crippen LogP contribution in [0.1, 0.15) is 37.2 Å². The summed E-state index contributed by atoms with van der Waals surface area (Å²) in [6.07, 6.45) is 0. The van der Waals surface area contributed by atoms with E-state index in [1.165, 1.54) is 0 Å². The lowest BCUT2D eigenvalue weighted by Crippen LogP contribution is -2.28. The number of nitriles is 1. The fraction of sp³-hybridized carbons (Fsp3) is 0.0952. The van der Waals surface area contributed by atoms with Crippen molar-refractivity contribution in [3.63, 3.8) is 0 Å². The molecule has 1 heterocycles. The lowest BCUT2D eigenvalue weighted by atomic mass is 10.1. The molecule has 5 nitrogen and oxygen atoms in total. The monoisotopic (exact) mass is 445 g/mol. The number of carbonyl (C=O) groups is 2. The van der Waals surface area contributed by atoms with Gasteiger partial charge in [-0.15, -0.1) is 11.3 Å². The van der Waals surface area contributed by atoms with E-state index in [9.17, 15) is 23.6 Å². The van der Waals surface area contributed by atoms with Crippen LogP contribution in [0.5, 0.6) is 0 Å². The first-order chi connectivity index (χ1) is 14.3. The van der Waals surface area contributed by atoms with E-state index in [0.717, 1.165) is 23.5 Å². The summed E-state index contributed by atoms with van der Waals surface area (Å²) in [6, 6.07) is 11.4. The molecule has 0 aliphatic heterocycles. The molecule has 0 saturated heterocycles. The number of anilines is 1. The van der Waals surface area contributed by atoms with Crippen LogP contribution in [-0.4, -0.2) is 11.8 Å². The van der Waals surface area contributed by atoms with Crippen LogP contribution in [-0.2, 0) is 0 Å². The molecule has 2 N–H and O–H groups in total. The van der Waals surface area contributed by atoms with Gasteiger partial charge in [-0.2, -0.15) is 5.26 Å². The molecule has 3 aromatic rings. The lowest BCUT2D eigenvalue weighted by Gasteiger charge is -2.12. The Bertz CT molecular complexity index is 1170. The number of benzene rings is 2. The van der Waals surface area contributed by atoms with Crippen LogP contribution in [0.15, 0.2) is 48.5 Å². The van der Waals surface area contributed by atoms with E-state index in [1.807, 2.05) is 0 Å². The normalized spacial score (nSPS) is 11.4. The second-order valence-electron chi connectivity index (χ2n) is 6.26. The quantitative estimate of drug-likeness (QED) is 0.563. The number of carbonyl (C=O) groups excluding carboxylic acids is 2. The van der Waals surface area contributed by atoms with Gasteiger partial charge in [-0.05, 0) is 36.8 Å². The molecule has 0 aliphatic rings. The van der Waals surface area contributed by atoms with Crippen LogP contribution in [0.2, 0.25) is 5.02 Å². The topological polar surface area (TPSA) is 82.0 Å². The van der Waals surface area contributed by atoms with Crippen molar-refractivity contribution in [3.05, 3.63) is 86.8 Å². The van der Waals surface area contributed by atoms with Gasteiger partial charge in [0.2, 0.25) is 0 Å². The molecule has 1 aromatic heterocycles. The van der Waals surface area contributed by atoms with Gasteiger partial charge in [-0.1, -0.05) is 29.8 Å². The van der Waals surface area contributed by atoms with Gasteiger partial charge in [0, 0.05) is 11.6 Å². The number of aryl methyl sites for hydroxylation is 1. The molecular weight excluding hydrogens is 432 g/mol. The molecule has 0 fully saturated rings. The highest BCUT2D eigenvalue weighted by atomic mass is 35.5. The largest absolute Gasteiger partial charge is 0.332 e. The van der Waals surface area contributed by atoms with Crippen molar-refractivity contribution in [3.8, 4) is 6.07 Å². The van der Waals surface area contributed by atoms with E-state index in [4.69, 9.17) is 11.6 Å². The molecule has 2 amide bonds. The van der Waals surface area contributed by atoms with Gasteiger partial charge in [-0.25, -0.2) is 8.78 Å². The Balaban J connectivity index is 1.77. The molecule has 0 bridgehead atoms. The summed E-state index contributed by atoms with van der Waals surface area (Å²) in [4.78, 5) is 25.3. The molecule has 1 atom stereocenters. The minimum atomic E-state index is -1.30. The summed E-state index contributed by atoms with van der Waals surface area (Å²) in [7, 11) is 0. The highest BCUT2D eigenvalue weighted by Gasteiger charge is 2.22. The zero-order chi connectivity index (χ0) is 21.8. The second-order valence-corrected chi connectivity index (χ2v) is 7.72. The smallest absolute Gasteiger partial charge is 0.262 e. The Kier molecular flexibility index (Phi) is 6.45. The number of hydrogen-bond donors (Lipinski definition) is 2. The Hall–Kier alpha value is -3.28. The first-order valence-electron chi connectivity index (χ1n) is 8.62. The zero-order valence-electron chi connectivity index (χ0n) is 15.5. The van der Waals surface area contributed by atoms with Crippen molar-refractivity contribution in [2.45, 2.75) is 13.0 Å². The molecule has 0 radical (unpaired) electrons. The Morgan fingerprint density at radius 3 is 2.53 bits per heavy atom. The van der Waals surface area contributed by atoms with Crippen molar-refractivity contribution in [2.24, 2.45) is 0 Å². The van der Waals surface area contributed by atoms with Crippen molar-refractivity contribution < 1.29 is 18.4 Å².